The molecule has 156 valence electrons. The second-order valence-corrected chi connectivity index (χ2v) is 9.85. The van der Waals surface area contributed by atoms with Crippen LogP contribution in [0.25, 0.3) is 0 Å². The molecule has 2 aromatic carbocycles. The van der Waals surface area contributed by atoms with E-state index in [9.17, 15) is 13.2 Å². The van der Waals surface area contributed by atoms with Crippen molar-refractivity contribution in [3.05, 3.63) is 64.7 Å². The first-order chi connectivity index (χ1) is 13.7. The molecule has 1 saturated heterocycles. The second kappa shape index (κ2) is 9.07. The topological polar surface area (TPSA) is 69.7 Å². The van der Waals surface area contributed by atoms with E-state index in [1.54, 1.807) is 13.0 Å². The maximum absolute atomic E-state index is 12.6. The molecule has 1 heterocycles. The number of hydrogen-bond acceptors (Lipinski definition) is 5. The summed E-state index contributed by atoms with van der Waals surface area (Å²) in [7, 11) is -1.21. The summed E-state index contributed by atoms with van der Waals surface area (Å²) in [5.41, 5.74) is 3.40. The van der Waals surface area contributed by atoms with Crippen molar-refractivity contribution in [2.45, 2.75) is 24.9 Å². The Kier molecular flexibility index (Phi) is 6.72. The third kappa shape index (κ3) is 5.88. The lowest BCUT2D eigenvalue weighted by Gasteiger charge is -2.32. The molecule has 0 radical (unpaired) electrons. The highest BCUT2D eigenvalue weighted by Gasteiger charge is 2.15. The number of sulfone groups is 1. The molecular weight excluding hydrogens is 386 g/mol. The van der Waals surface area contributed by atoms with Gasteiger partial charge in [0, 0.05) is 51.1 Å². The number of carbonyl (C=O) groups is 1. The first kappa shape index (κ1) is 21.5. The number of nitrogens with one attached hydrogen (secondary N) is 1. The summed E-state index contributed by atoms with van der Waals surface area (Å²) in [5, 5.41) is 2.92. The van der Waals surface area contributed by atoms with E-state index < -0.39 is 9.84 Å². The number of rotatable bonds is 6. The van der Waals surface area contributed by atoms with Gasteiger partial charge in [-0.15, -0.1) is 0 Å². The number of aryl methyl sites for hydroxylation is 1. The summed E-state index contributed by atoms with van der Waals surface area (Å²) < 4.78 is 23.6. The van der Waals surface area contributed by atoms with E-state index in [2.05, 4.69) is 34.3 Å². The van der Waals surface area contributed by atoms with Crippen LogP contribution in [0.5, 0.6) is 0 Å². The van der Waals surface area contributed by atoms with Crippen molar-refractivity contribution >= 4 is 15.7 Å². The Balaban J connectivity index is 1.63. The van der Waals surface area contributed by atoms with Crippen LogP contribution < -0.4 is 5.32 Å². The molecule has 1 aliphatic heterocycles. The van der Waals surface area contributed by atoms with Crippen LogP contribution in [0.4, 0.5) is 0 Å². The lowest BCUT2D eigenvalue weighted by Crippen LogP contribution is -2.43. The van der Waals surface area contributed by atoms with Gasteiger partial charge in [0.25, 0.3) is 5.91 Å². The minimum absolute atomic E-state index is 0.155. The minimum atomic E-state index is -3.35. The molecule has 0 unspecified atom stereocenters. The summed E-state index contributed by atoms with van der Waals surface area (Å²) in [6.07, 6.45) is 1.14. The Morgan fingerprint density at radius 1 is 1.03 bits per heavy atom. The Hall–Kier alpha value is -2.22. The van der Waals surface area contributed by atoms with Crippen LogP contribution in [0.3, 0.4) is 0 Å². The summed E-state index contributed by atoms with van der Waals surface area (Å²) >= 11 is 0. The molecule has 6 nitrogen and oxygen atoms in total. The number of carbonyl (C=O) groups excluding carboxylic acids is 1. The van der Waals surface area contributed by atoms with Crippen LogP contribution in [0.2, 0.25) is 0 Å². The summed E-state index contributed by atoms with van der Waals surface area (Å²) in [6.45, 7) is 7.41. The first-order valence-corrected chi connectivity index (χ1v) is 11.7. The van der Waals surface area contributed by atoms with Gasteiger partial charge in [0.15, 0.2) is 9.84 Å². The summed E-state index contributed by atoms with van der Waals surface area (Å²) in [5.74, 6) is -0.266. The third-order valence-corrected chi connectivity index (χ3v) is 6.44. The predicted molar refractivity (Wildman–Crippen MR) is 115 cm³/mol. The van der Waals surface area contributed by atoms with Gasteiger partial charge >= 0.3 is 0 Å². The van der Waals surface area contributed by atoms with Gasteiger partial charge in [0.05, 0.1) is 4.90 Å². The largest absolute Gasteiger partial charge is 0.348 e. The van der Waals surface area contributed by atoms with E-state index in [0.29, 0.717) is 12.1 Å². The Bertz CT molecular complexity index is 981. The van der Waals surface area contributed by atoms with Crippen molar-refractivity contribution in [2.75, 3.05) is 39.5 Å². The van der Waals surface area contributed by atoms with E-state index in [-0.39, 0.29) is 10.8 Å². The number of likely N-dealkylation sites (N-methyl/N-ethyl adjacent to an activating group) is 1. The molecule has 0 atom stereocenters. The highest BCUT2D eigenvalue weighted by Crippen LogP contribution is 2.16. The van der Waals surface area contributed by atoms with Gasteiger partial charge in [0.1, 0.15) is 0 Å². The zero-order chi connectivity index (χ0) is 21.0. The average Bonchev–Trinajstić information content (AvgIpc) is 2.68. The molecule has 7 heteroatoms. The van der Waals surface area contributed by atoms with Crippen LogP contribution in [-0.4, -0.2) is 63.6 Å². The molecule has 1 fully saturated rings. The van der Waals surface area contributed by atoms with Gasteiger partial charge in [-0.1, -0.05) is 30.3 Å². The molecule has 3 rings (SSSR count). The van der Waals surface area contributed by atoms with Crippen molar-refractivity contribution in [1.82, 2.24) is 15.1 Å². The van der Waals surface area contributed by atoms with Gasteiger partial charge in [-0.25, -0.2) is 8.42 Å². The molecule has 0 saturated carbocycles. The van der Waals surface area contributed by atoms with E-state index in [1.807, 2.05) is 12.1 Å². The maximum Gasteiger partial charge on any atom is 0.251 e. The second-order valence-electron chi connectivity index (χ2n) is 7.83. The fourth-order valence-corrected chi connectivity index (χ4v) is 4.10. The smallest absolute Gasteiger partial charge is 0.251 e. The normalized spacial score (nSPS) is 16.0. The van der Waals surface area contributed by atoms with Crippen molar-refractivity contribution in [2.24, 2.45) is 0 Å². The van der Waals surface area contributed by atoms with Gasteiger partial charge in [-0.2, -0.15) is 0 Å². The quantitative estimate of drug-likeness (QED) is 0.782. The fraction of sp³-hybridized carbons (Fsp3) is 0.409. The molecule has 0 aromatic heterocycles. The molecule has 0 bridgehead atoms. The standard InChI is InChI=1S/C22H29N3O3S/c1-17-7-8-20(29(3,27)28)14-21(17)22(26)23-15-18-5-4-6-19(13-18)16-25-11-9-24(2)10-12-25/h4-8,13-14H,9-12,15-16H2,1-3H3,(H,23,26). The monoisotopic (exact) mass is 415 g/mol. The van der Waals surface area contributed by atoms with Gasteiger partial charge in [-0.05, 0) is 42.8 Å². The summed E-state index contributed by atoms with van der Waals surface area (Å²) in [6, 6.07) is 12.9. The first-order valence-electron chi connectivity index (χ1n) is 9.80. The van der Waals surface area contributed by atoms with Crippen molar-refractivity contribution in [1.29, 1.82) is 0 Å². The lowest BCUT2D eigenvalue weighted by molar-refractivity contribution is 0.0950. The van der Waals surface area contributed by atoms with Gasteiger partial charge < -0.3 is 10.2 Å². The number of benzene rings is 2. The van der Waals surface area contributed by atoms with Gasteiger partial charge in [-0.3, -0.25) is 9.69 Å². The molecule has 0 aliphatic carbocycles. The highest BCUT2D eigenvalue weighted by molar-refractivity contribution is 7.90. The van der Waals surface area contributed by atoms with Gasteiger partial charge in [0.2, 0.25) is 0 Å². The van der Waals surface area contributed by atoms with Crippen molar-refractivity contribution in [3.63, 3.8) is 0 Å². The lowest BCUT2D eigenvalue weighted by atomic mass is 10.1. The molecule has 29 heavy (non-hydrogen) atoms. The Labute approximate surface area is 173 Å². The highest BCUT2D eigenvalue weighted by atomic mass is 32.2. The van der Waals surface area contributed by atoms with Crippen LogP contribution >= 0.6 is 0 Å². The number of amides is 1. The number of nitrogens with zero attached hydrogens (tertiary/aromatic N) is 2. The molecule has 2 aromatic rings. The van der Waals surface area contributed by atoms with E-state index in [0.717, 1.165) is 50.1 Å². The number of piperazine rings is 1. The van der Waals surface area contributed by atoms with Crippen LogP contribution in [0.1, 0.15) is 27.0 Å². The van der Waals surface area contributed by atoms with Crippen LogP contribution in [-0.2, 0) is 22.9 Å². The van der Waals surface area contributed by atoms with Crippen molar-refractivity contribution < 1.29 is 13.2 Å². The van der Waals surface area contributed by atoms with Crippen LogP contribution in [0.15, 0.2) is 47.4 Å². The third-order valence-electron chi connectivity index (χ3n) is 5.33. The minimum Gasteiger partial charge on any atom is -0.348 e. The average molecular weight is 416 g/mol. The van der Waals surface area contributed by atoms with E-state index >= 15 is 0 Å². The molecule has 0 spiro atoms. The molecular formula is C22H29N3O3S. The molecule has 1 aliphatic rings. The molecule has 1 N–H and O–H groups in total. The van der Waals surface area contributed by atoms with E-state index in [1.165, 1.54) is 17.7 Å². The van der Waals surface area contributed by atoms with Crippen molar-refractivity contribution in [3.8, 4) is 0 Å². The zero-order valence-electron chi connectivity index (χ0n) is 17.3. The fourth-order valence-electron chi connectivity index (χ4n) is 3.46. The zero-order valence-corrected chi connectivity index (χ0v) is 18.1. The number of hydrogen-bond donors (Lipinski definition) is 1. The molecule has 1 amide bonds. The Morgan fingerprint density at radius 3 is 2.41 bits per heavy atom. The predicted octanol–water partition coefficient (Wildman–Crippen LogP) is 2.08. The maximum atomic E-state index is 12.6. The van der Waals surface area contributed by atoms with E-state index in [4.69, 9.17) is 0 Å². The Morgan fingerprint density at radius 2 is 1.72 bits per heavy atom. The van der Waals surface area contributed by atoms with Crippen LogP contribution in [0, 0.1) is 6.92 Å². The summed E-state index contributed by atoms with van der Waals surface area (Å²) in [4.78, 5) is 17.6. The SMILES string of the molecule is Cc1ccc(S(C)(=O)=O)cc1C(=O)NCc1cccc(CN2CCN(C)CC2)c1.